The minimum absolute atomic E-state index is 0.194. The van der Waals surface area contributed by atoms with Crippen LogP contribution in [0, 0.1) is 5.41 Å². The molecule has 1 unspecified atom stereocenters. The zero-order valence-electron chi connectivity index (χ0n) is 12.9. The summed E-state index contributed by atoms with van der Waals surface area (Å²) in [5, 5.41) is 3.28. The first kappa shape index (κ1) is 14.1. The number of hydrogen-bond acceptors (Lipinski definition) is 3. The summed E-state index contributed by atoms with van der Waals surface area (Å²) in [6, 6.07) is 8.05. The standard InChI is InChI=1S/C16H22N4O/c1-16(8-9-17-11-16)15(21)19(2)10-14-18-12-6-4-5-7-13(12)20(14)3/h4-7,17H,8-11H2,1-3H3. The molecule has 0 radical (unpaired) electrons. The van der Waals surface area contributed by atoms with Crippen LogP contribution in [0.5, 0.6) is 0 Å². The molecule has 1 amide bonds. The summed E-state index contributed by atoms with van der Waals surface area (Å²) < 4.78 is 2.06. The Bertz CT molecular complexity index is 670. The molecule has 2 heterocycles. The summed E-state index contributed by atoms with van der Waals surface area (Å²) in [5.74, 6) is 1.11. The van der Waals surface area contributed by atoms with E-state index in [4.69, 9.17) is 0 Å². The smallest absolute Gasteiger partial charge is 0.229 e. The van der Waals surface area contributed by atoms with E-state index in [9.17, 15) is 4.79 Å². The largest absolute Gasteiger partial charge is 0.338 e. The lowest BCUT2D eigenvalue weighted by molar-refractivity contribution is -0.139. The fraction of sp³-hybridized carbons (Fsp3) is 0.500. The Morgan fingerprint density at radius 1 is 1.48 bits per heavy atom. The van der Waals surface area contributed by atoms with Crippen LogP contribution in [0.25, 0.3) is 11.0 Å². The van der Waals surface area contributed by atoms with Crippen molar-refractivity contribution in [1.29, 1.82) is 0 Å². The highest BCUT2D eigenvalue weighted by molar-refractivity contribution is 5.83. The molecule has 1 aliphatic heterocycles. The van der Waals surface area contributed by atoms with Gasteiger partial charge in [0.05, 0.1) is 23.0 Å². The molecular formula is C16H22N4O. The monoisotopic (exact) mass is 286 g/mol. The van der Waals surface area contributed by atoms with Gasteiger partial charge in [-0.05, 0) is 32.0 Å². The average molecular weight is 286 g/mol. The third kappa shape index (κ3) is 2.42. The number of nitrogens with zero attached hydrogens (tertiary/aromatic N) is 3. The number of amides is 1. The number of benzene rings is 1. The molecule has 21 heavy (non-hydrogen) atoms. The van der Waals surface area contributed by atoms with Crippen molar-refractivity contribution >= 4 is 16.9 Å². The lowest BCUT2D eigenvalue weighted by Gasteiger charge is -2.28. The quantitative estimate of drug-likeness (QED) is 0.931. The summed E-state index contributed by atoms with van der Waals surface area (Å²) in [7, 11) is 3.87. The molecule has 1 atom stereocenters. The maximum atomic E-state index is 12.6. The van der Waals surface area contributed by atoms with Crippen molar-refractivity contribution in [2.75, 3.05) is 20.1 Å². The van der Waals surface area contributed by atoms with Crippen molar-refractivity contribution in [1.82, 2.24) is 19.8 Å². The highest BCUT2D eigenvalue weighted by Crippen LogP contribution is 2.27. The van der Waals surface area contributed by atoms with Gasteiger partial charge in [-0.1, -0.05) is 12.1 Å². The Labute approximate surface area is 125 Å². The van der Waals surface area contributed by atoms with Gasteiger partial charge >= 0.3 is 0 Å². The van der Waals surface area contributed by atoms with Crippen LogP contribution in [-0.4, -0.2) is 40.5 Å². The molecular weight excluding hydrogens is 264 g/mol. The molecule has 3 rings (SSSR count). The van der Waals surface area contributed by atoms with Crippen molar-refractivity contribution in [2.24, 2.45) is 12.5 Å². The molecule has 1 N–H and O–H groups in total. The number of nitrogens with one attached hydrogen (secondary N) is 1. The van der Waals surface area contributed by atoms with E-state index in [1.165, 1.54) is 0 Å². The summed E-state index contributed by atoms with van der Waals surface area (Å²) in [6.07, 6.45) is 0.902. The van der Waals surface area contributed by atoms with Gasteiger partial charge in [0.2, 0.25) is 5.91 Å². The number of aryl methyl sites for hydroxylation is 1. The predicted molar refractivity (Wildman–Crippen MR) is 82.8 cm³/mol. The van der Waals surface area contributed by atoms with E-state index in [2.05, 4.69) is 20.9 Å². The number of imidazole rings is 1. The Morgan fingerprint density at radius 2 is 2.24 bits per heavy atom. The van der Waals surface area contributed by atoms with E-state index in [0.717, 1.165) is 36.4 Å². The van der Waals surface area contributed by atoms with Gasteiger partial charge in [0.15, 0.2) is 0 Å². The van der Waals surface area contributed by atoms with Gasteiger partial charge in [-0.3, -0.25) is 4.79 Å². The first-order chi connectivity index (χ1) is 10.0. The first-order valence-corrected chi connectivity index (χ1v) is 7.38. The van der Waals surface area contributed by atoms with Crippen LogP contribution < -0.4 is 5.32 Å². The zero-order valence-corrected chi connectivity index (χ0v) is 12.9. The molecule has 1 aliphatic rings. The zero-order chi connectivity index (χ0) is 15.0. The molecule has 112 valence electrons. The average Bonchev–Trinajstić information content (AvgIpc) is 3.05. The normalized spacial score (nSPS) is 21.9. The highest BCUT2D eigenvalue weighted by Gasteiger charge is 2.38. The predicted octanol–water partition coefficient (Wildman–Crippen LogP) is 1.53. The van der Waals surface area contributed by atoms with Crippen LogP contribution in [0.4, 0.5) is 0 Å². The van der Waals surface area contributed by atoms with E-state index in [1.54, 1.807) is 4.90 Å². The number of fused-ring (bicyclic) bond motifs is 1. The molecule has 1 fully saturated rings. The Morgan fingerprint density at radius 3 is 2.90 bits per heavy atom. The molecule has 0 aliphatic carbocycles. The third-order valence-corrected chi connectivity index (χ3v) is 4.49. The van der Waals surface area contributed by atoms with Crippen LogP contribution in [0.2, 0.25) is 0 Å². The topological polar surface area (TPSA) is 50.2 Å². The van der Waals surface area contributed by atoms with Crippen molar-refractivity contribution in [3.8, 4) is 0 Å². The molecule has 5 nitrogen and oxygen atoms in total. The molecule has 1 saturated heterocycles. The van der Waals surface area contributed by atoms with E-state index < -0.39 is 0 Å². The maximum Gasteiger partial charge on any atom is 0.229 e. The first-order valence-electron chi connectivity index (χ1n) is 7.38. The Balaban J connectivity index is 1.81. The van der Waals surface area contributed by atoms with E-state index >= 15 is 0 Å². The van der Waals surface area contributed by atoms with Crippen molar-refractivity contribution in [3.05, 3.63) is 30.1 Å². The Kier molecular flexibility index (Phi) is 3.45. The lowest BCUT2D eigenvalue weighted by atomic mass is 9.88. The fourth-order valence-corrected chi connectivity index (χ4v) is 3.08. The molecule has 0 bridgehead atoms. The summed E-state index contributed by atoms with van der Waals surface area (Å²) >= 11 is 0. The minimum Gasteiger partial charge on any atom is -0.338 e. The van der Waals surface area contributed by atoms with Gasteiger partial charge in [0.1, 0.15) is 5.82 Å². The number of aromatic nitrogens is 2. The molecule has 5 heteroatoms. The number of carbonyl (C=O) groups is 1. The Hall–Kier alpha value is -1.88. The number of rotatable bonds is 3. The highest BCUT2D eigenvalue weighted by atomic mass is 16.2. The molecule has 1 aromatic carbocycles. The van der Waals surface area contributed by atoms with Crippen LogP contribution >= 0.6 is 0 Å². The number of carbonyl (C=O) groups excluding carboxylic acids is 1. The van der Waals surface area contributed by atoms with Crippen molar-refractivity contribution in [2.45, 2.75) is 19.9 Å². The van der Waals surface area contributed by atoms with Gasteiger partial charge in [-0.25, -0.2) is 4.98 Å². The molecule has 2 aromatic rings. The lowest BCUT2D eigenvalue weighted by Crippen LogP contribution is -2.41. The maximum absolute atomic E-state index is 12.6. The second-order valence-electron chi connectivity index (χ2n) is 6.22. The second-order valence-corrected chi connectivity index (χ2v) is 6.22. The van der Waals surface area contributed by atoms with Crippen LogP contribution in [0.3, 0.4) is 0 Å². The van der Waals surface area contributed by atoms with E-state index in [0.29, 0.717) is 6.54 Å². The fourth-order valence-electron chi connectivity index (χ4n) is 3.08. The van der Waals surface area contributed by atoms with Crippen LogP contribution in [0.1, 0.15) is 19.2 Å². The van der Waals surface area contributed by atoms with Crippen molar-refractivity contribution < 1.29 is 4.79 Å². The van der Waals surface area contributed by atoms with Gasteiger partial charge in [-0.15, -0.1) is 0 Å². The second kappa shape index (κ2) is 5.15. The van der Waals surface area contributed by atoms with Gasteiger partial charge in [0.25, 0.3) is 0 Å². The summed E-state index contributed by atoms with van der Waals surface area (Å²) in [6.45, 7) is 4.27. The molecule has 0 saturated carbocycles. The molecule has 1 aromatic heterocycles. The molecule has 0 spiro atoms. The van der Waals surface area contributed by atoms with Crippen LogP contribution in [-0.2, 0) is 18.4 Å². The summed E-state index contributed by atoms with van der Waals surface area (Å²) in [4.78, 5) is 19.1. The van der Waals surface area contributed by atoms with Gasteiger partial charge in [0, 0.05) is 20.6 Å². The minimum atomic E-state index is -0.278. The van der Waals surface area contributed by atoms with Gasteiger partial charge in [-0.2, -0.15) is 0 Å². The summed E-state index contributed by atoms with van der Waals surface area (Å²) in [5.41, 5.74) is 1.80. The van der Waals surface area contributed by atoms with Gasteiger partial charge < -0.3 is 14.8 Å². The van der Waals surface area contributed by atoms with Crippen LogP contribution in [0.15, 0.2) is 24.3 Å². The SMILES string of the molecule is CN(Cc1nc2ccccc2n1C)C(=O)C1(C)CCNC1. The van der Waals surface area contributed by atoms with E-state index in [1.807, 2.05) is 39.2 Å². The third-order valence-electron chi connectivity index (χ3n) is 4.49. The number of hydrogen-bond donors (Lipinski definition) is 1. The number of para-hydroxylation sites is 2. The van der Waals surface area contributed by atoms with Crippen molar-refractivity contribution in [3.63, 3.8) is 0 Å². The van der Waals surface area contributed by atoms with E-state index in [-0.39, 0.29) is 11.3 Å².